The van der Waals surface area contributed by atoms with Gasteiger partial charge in [0.05, 0.1) is 11.8 Å². The number of carboxylic acids is 2. The first-order chi connectivity index (χ1) is 11.8. The van der Waals surface area contributed by atoms with Gasteiger partial charge in [-0.3, -0.25) is 9.59 Å². The zero-order valence-corrected chi connectivity index (χ0v) is 15.0. The van der Waals surface area contributed by atoms with Gasteiger partial charge in [-0.25, -0.2) is 0 Å². The Kier molecular flexibility index (Phi) is 5.36. The number of nitrogens with zero attached hydrogens (tertiary/aromatic N) is 2. The predicted octanol–water partition coefficient (Wildman–Crippen LogP) is 0.851. The van der Waals surface area contributed by atoms with Crippen LogP contribution in [-0.4, -0.2) is 65.4 Å². The van der Waals surface area contributed by atoms with Gasteiger partial charge in [0.25, 0.3) is 10.2 Å². The summed E-state index contributed by atoms with van der Waals surface area (Å²) in [6, 6.07) is 0. The lowest BCUT2D eigenvalue weighted by atomic mass is 9.76. The molecule has 3 aliphatic rings. The molecule has 4 atom stereocenters. The fourth-order valence-electron chi connectivity index (χ4n) is 4.62. The van der Waals surface area contributed by atoms with E-state index in [1.54, 1.807) is 0 Å². The van der Waals surface area contributed by atoms with Gasteiger partial charge in [-0.1, -0.05) is 19.3 Å². The fourth-order valence-corrected chi connectivity index (χ4v) is 6.35. The van der Waals surface area contributed by atoms with Gasteiger partial charge in [0.1, 0.15) is 0 Å². The van der Waals surface area contributed by atoms with Gasteiger partial charge in [0.15, 0.2) is 0 Å². The third-order valence-corrected chi connectivity index (χ3v) is 8.08. The lowest BCUT2D eigenvalue weighted by Gasteiger charge is -2.43. The number of carboxylic acid groups (broad SMARTS) is 2. The van der Waals surface area contributed by atoms with Gasteiger partial charge in [0, 0.05) is 26.2 Å². The molecule has 1 aliphatic carbocycles. The smallest absolute Gasteiger partial charge is 0.308 e. The van der Waals surface area contributed by atoms with E-state index in [-0.39, 0.29) is 19.5 Å². The van der Waals surface area contributed by atoms with Crippen LogP contribution in [0.15, 0.2) is 0 Å². The van der Waals surface area contributed by atoms with Crippen LogP contribution in [0.25, 0.3) is 0 Å². The van der Waals surface area contributed by atoms with E-state index in [1.165, 1.54) is 21.5 Å². The minimum atomic E-state index is -3.74. The summed E-state index contributed by atoms with van der Waals surface area (Å²) in [6.45, 7) is 0.774. The van der Waals surface area contributed by atoms with Crippen molar-refractivity contribution >= 4 is 22.1 Å². The summed E-state index contributed by atoms with van der Waals surface area (Å²) in [5.74, 6) is -3.67. The van der Waals surface area contributed by atoms with E-state index in [0.717, 1.165) is 19.3 Å². The van der Waals surface area contributed by atoms with Crippen LogP contribution in [0, 0.1) is 23.7 Å². The molecule has 9 heteroatoms. The van der Waals surface area contributed by atoms with Crippen LogP contribution in [0.2, 0.25) is 0 Å². The molecule has 8 nitrogen and oxygen atoms in total. The fraction of sp³-hybridized carbons (Fsp3) is 0.875. The minimum absolute atomic E-state index is 0.0332. The van der Waals surface area contributed by atoms with Crippen LogP contribution in [-0.2, 0) is 19.8 Å². The largest absolute Gasteiger partial charge is 0.481 e. The van der Waals surface area contributed by atoms with Gasteiger partial charge < -0.3 is 10.2 Å². The molecule has 0 bridgehead atoms. The number of rotatable bonds is 4. The highest BCUT2D eigenvalue weighted by Crippen LogP contribution is 2.37. The Balaban J connectivity index is 1.72. The summed E-state index contributed by atoms with van der Waals surface area (Å²) >= 11 is 0. The highest BCUT2D eigenvalue weighted by Gasteiger charge is 2.45. The molecule has 0 spiro atoms. The van der Waals surface area contributed by atoms with Crippen LogP contribution in [0.3, 0.4) is 0 Å². The first-order valence-electron chi connectivity index (χ1n) is 9.01. The summed E-state index contributed by atoms with van der Waals surface area (Å²) in [7, 11) is -3.74. The molecule has 0 radical (unpaired) electrons. The second-order valence-corrected chi connectivity index (χ2v) is 9.42. The molecule has 142 valence electrons. The van der Waals surface area contributed by atoms with Crippen molar-refractivity contribution in [1.82, 2.24) is 8.61 Å². The maximum Gasteiger partial charge on any atom is 0.308 e. The van der Waals surface area contributed by atoms with Crippen LogP contribution in [0.4, 0.5) is 0 Å². The topological polar surface area (TPSA) is 115 Å². The maximum absolute atomic E-state index is 13.0. The first kappa shape index (κ1) is 18.6. The monoisotopic (exact) mass is 374 g/mol. The van der Waals surface area contributed by atoms with Crippen molar-refractivity contribution in [2.24, 2.45) is 23.7 Å². The number of piperidine rings is 2. The SMILES string of the molecule is O=C(O)C1CCN(S(=O)(=O)N2CCC3CCCCC3C2)CC1C(=O)O. The van der Waals surface area contributed by atoms with Crippen molar-refractivity contribution in [2.75, 3.05) is 26.2 Å². The van der Waals surface area contributed by atoms with Crippen molar-refractivity contribution in [3.63, 3.8) is 0 Å². The molecular weight excluding hydrogens is 348 g/mol. The molecule has 2 aliphatic heterocycles. The highest BCUT2D eigenvalue weighted by molar-refractivity contribution is 7.86. The first-order valence-corrected chi connectivity index (χ1v) is 10.4. The Morgan fingerprint density at radius 2 is 1.32 bits per heavy atom. The van der Waals surface area contributed by atoms with Crippen molar-refractivity contribution < 1.29 is 28.2 Å². The van der Waals surface area contributed by atoms with Crippen LogP contribution in [0.1, 0.15) is 38.5 Å². The molecule has 1 saturated carbocycles. The van der Waals surface area contributed by atoms with Crippen LogP contribution >= 0.6 is 0 Å². The molecule has 0 aromatic rings. The third-order valence-electron chi connectivity index (χ3n) is 6.12. The molecule has 3 fully saturated rings. The van der Waals surface area contributed by atoms with E-state index in [2.05, 4.69) is 0 Å². The standard InChI is InChI=1S/C16H26N2O6S/c19-15(20)13-6-8-18(10-14(13)16(21)22)25(23,24)17-7-5-11-3-1-2-4-12(11)9-17/h11-14H,1-10H2,(H,19,20)(H,21,22). The third kappa shape index (κ3) is 3.68. The van der Waals surface area contributed by atoms with Crippen molar-refractivity contribution in [3.05, 3.63) is 0 Å². The summed E-state index contributed by atoms with van der Waals surface area (Å²) in [5.41, 5.74) is 0. The Hall–Kier alpha value is -1.19. The van der Waals surface area contributed by atoms with Crippen LogP contribution < -0.4 is 0 Å². The average Bonchev–Trinajstić information content (AvgIpc) is 2.60. The van der Waals surface area contributed by atoms with E-state index in [9.17, 15) is 28.2 Å². The minimum Gasteiger partial charge on any atom is -0.481 e. The van der Waals surface area contributed by atoms with Crippen molar-refractivity contribution in [1.29, 1.82) is 0 Å². The summed E-state index contributed by atoms with van der Waals surface area (Å²) in [4.78, 5) is 22.7. The molecule has 4 unspecified atom stereocenters. The lowest BCUT2D eigenvalue weighted by molar-refractivity contribution is -0.156. The van der Waals surface area contributed by atoms with E-state index >= 15 is 0 Å². The molecule has 2 heterocycles. The molecule has 3 rings (SSSR count). The van der Waals surface area contributed by atoms with Gasteiger partial charge in [0.2, 0.25) is 0 Å². The number of hydrogen-bond acceptors (Lipinski definition) is 4. The second kappa shape index (κ2) is 7.20. The molecule has 0 amide bonds. The molecular formula is C16H26N2O6S. The zero-order valence-electron chi connectivity index (χ0n) is 14.2. The van der Waals surface area contributed by atoms with E-state index in [0.29, 0.717) is 24.9 Å². The molecule has 25 heavy (non-hydrogen) atoms. The molecule has 0 aromatic carbocycles. The second-order valence-electron chi connectivity index (χ2n) is 7.50. The Labute approximate surface area is 148 Å². The summed E-state index contributed by atoms with van der Waals surface area (Å²) < 4.78 is 28.6. The Bertz CT molecular complexity index is 637. The quantitative estimate of drug-likeness (QED) is 0.754. The van der Waals surface area contributed by atoms with Gasteiger partial charge in [-0.2, -0.15) is 17.0 Å². The number of fused-ring (bicyclic) bond motifs is 1. The zero-order chi connectivity index (χ0) is 18.2. The summed E-state index contributed by atoms with van der Waals surface area (Å²) in [5, 5.41) is 18.5. The van der Waals surface area contributed by atoms with E-state index in [1.807, 2.05) is 0 Å². The van der Waals surface area contributed by atoms with E-state index in [4.69, 9.17) is 0 Å². The Morgan fingerprint density at radius 1 is 0.760 bits per heavy atom. The lowest BCUT2D eigenvalue weighted by Crippen LogP contribution is -2.55. The number of aliphatic carboxylic acids is 2. The molecule has 2 N–H and O–H groups in total. The number of hydrogen-bond donors (Lipinski definition) is 2. The van der Waals surface area contributed by atoms with Crippen molar-refractivity contribution in [2.45, 2.75) is 38.5 Å². The molecule has 2 saturated heterocycles. The predicted molar refractivity (Wildman–Crippen MR) is 89.0 cm³/mol. The van der Waals surface area contributed by atoms with Crippen molar-refractivity contribution in [3.8, 4) is 0 Å². The molecule has 0 aromatic heterocycles. The normalized spacial score (nSPS) is 35.0. The van der Waals surface area contributed by atoms with Gasteiger partial charge >= 0.3 is 11.9 Å². The van der Waals surface area contributed by atoms with Gasteiger partial charge in [-0.15, -0.1) is 0 Å². The maximum atomic E-state index is 13.0. The average molecular weight is 374 g/mol. The van der Waals surface area contributed by atoms with Crippen LogP contribution in [0.5, 0.6) is 0 Å². The van der Waals surface area contributed by atoms with E-state index < -0.39 is 34.0 Å². The van der Waals surface area contributed by atoms with Gasteiger partial charge in [-0.05, 0) is 31.1 Å². The highest BCUT2D eigenvalue weighted by atomic mass is 32.2. The number of carbonyl (C=O) groups is 2. The summed E-state index contributed by atoms with van der Waals surface area (Å²) in [6.07, 6.45) is 5.47. The Morgan fingerprint density at radius 3 is 1.96 bits per heavy atom.